The number of rotatable bonds is 4. The summed E-state index contributed by atoms with van der Waals surface area (Å²) in [5, 5.41) is 7.64. The number of hydrogen-bond donors (Lipinski definition) is 0. The quantitative estimate of drug-likeness (QED) is 0.235. The number of nitrogens with zero attached hydrogens (tertiary/aromatic N) is 5. The molecule has 1 atom stereocenters. The van der Waals surface area contributed by atoms with Gasteiger partial charge in [0.15, 0.2) is 17.1 Å². The Labute approximate surface area is 221 Å². The Kier molecular flexibility index (Phi) is 4.75. The summed E-state index contributed by atoms with van der Waals surface area (Å²) >= 11 is 1.47. The molecule has 7 aromatic rings. The first kappa shape index (κ1) is 21.4. The fourth-order valence-corrected chi connectivity index (χ4v) is 5.91. The van der Waals surface area contributed by atoms with Crippen molar-refractivity contribution in [2.24, 2.45) is 0 Å². The van der Waals surface area contributed by atoms with Crippen molar-refractivity contribution >= 4 is 39.3 Å². The summed E-state index contributed by atoms with van der Waals surface area (Å²) in [6.45, 7) is 0. The zero-order valence-electron chi connectivity index (χ0n) is 20.0. The Morgan fingerprint density at radius 3 is 2.58 bits per heavy atom. The molecule has 1 aliphatic rings. The van der Waals surface area contributed by atoms with Crippen molar-refractivity contribution in [2.75, 3.05) is 0 Å². The molecule has 3 aromatic heterocycles. The van der Waals surface area contributed by atoms with Gasteiger partial charge < -0.3 is 9.15 Å². The number of thioether (sulfide) groups is 1. The predicted molar refractivity (Wildman–Crippen MR) is 146 cm³/mol. The average molecular weight is 514 g/mol. The lowest BCUT2D eigenvalue weighted by molar-refractivity contribution is 0.433. The number of hydrogen-bond acceptors (Lipinski definition) is 7. The van der Waals surface area contributed by atoms with Crippen LogP contribution in [-0.4, -0.2) is 24.6 Å². The molecule has 0 saturated heterocycles. The first-order valence-corrected chi connectivity index (χ1v) is 13.3. The Balaban J connectivity index is 1.26. The number of para-hydroxylation sites is 2. The number of benzene rings is 4. The van der Waals surface area contributed by atoms with Gasteiger partial charge in [-0.1, -0.05) is 84.6 Å². The van der Waals surface area contributed by atoms with Gasteiger partial charge in [-0.2, -0.15) is 0 Å². The minimum absolute atomic E-state index is 0.112. The maximum absolute atomic E-state index is 6.40. The molecule has 1 aliphatic heterocycles. The molecule has 0 radical (unpaired) electrons. The van der Waals surface area contributed by atoms with E-state index in [1.807, 2.05) is 36.4 Å². The fraction of sp³-hybridized carbons (Fsp3) is 0.0667. The molecule has 38 heavy (non-hydrogen) atoms. The number of fused-ring (bicyclic) bond motifs is 7. The van der Waals surface area contributed by atoms with Crippen molar-refractivity contribution in [1.29, 1.82) is 0 Å². The van der Waals surface area contributed by atoms with E-state index in [1.165, 1.54) is 11.8 Å². The minimum atomic E-state index is -0.112. The smallest absolute Gasteiger partial charge is 0.257 e. The Morgan fingerprint density at radius 1 is 0.816 bits per heavy atom. The van der Waals surface area contributed by atoms with E-state index >= 15 is 0 Å². The van der Waals surface area contributed by atoms with Gasteiger partial charge in [0.1, 0.15) is 17.6 Å². The topological polar surface area (TPSA) is 78.3 Å². The van der Waals surface area contributed by atoms with Gasteiger partial charge in [0.25, 0.3) is 5.22 Å². The van der Waals surface area contributed by atoms with Crippen LogP contribution in [0.1, 0.15) is 28.4 Å². The molecule has 8 rings (SSSR count). The van der Waals surface area contributed by atoms with Crippen LogP contribution < -0.4 is 4.74 Å². The highest BCUT2D eigenvalue weighted by molar-refractivity contribution is 7.98. The van der Waals surface area contributed by atoms with Gasteiger partial charge in [-0.05, 0) is 34.5 Å². The highest BCUT2D eigenvalue weighted by Gasteiger charge is 2.34. The van der Waals surface area contributed by atoms with Gasteiger partial charge >= 0.3 is 0 Å². The Bertz CT molecular complexity index is 1950. The second-order valence-corrected chi connectivity index (χ2v) is 10.1. The third kappa shape index (κ3) is 3.38. The molecule has 0 fully saturated rings. The molecule has 0 N–H and O–H groups in total. The van der Waals surface area contributed by atoms with Crippen LogP contribution in [-0.2, 0) is 5.75 Å². The molecule has 7 nitrogen and oxygen atoms in total. The third-order valence-electron chi connectivity index (χ3n) is 6.88. The van der Waals surface area contributed by atoms with Gasteiger partial charge in [-0.25, -0.2) is 19.5 Å². The Hall–Kier alpha value is -4.69. The third-order valence-corrected chi connectivity index (χ3v) is 7.70. The second kappa shape index (κ2) is 8.43. The van der Waals surface area contributed by atoms with E-state index < -0.39 is 0 Å². The van der Waals surface area contributed by atoms with E-state index in [0.717, 1.165) is 50.0 Å². The highest BCUT2D eigenvalue weighted by atomic mass is 32.2. The summed E-state index contributed by atoms with van der Waals surface area (Å²) in [5.74, 6) is 2.44. The first-order valence-electron chi connectivity index (χ1n) is 12.3. The summed E-state index contributed by atoms with van der Waals surface area (Å²) < 4.78 is 14.0. The normalized spacial score (nSPS) is 14.5. The molecule has 0 amide bonds. The zero-order chi connectivity index (χ0) is 25.1. The predicted octanol–water partition coefficient (Wildman–Crippen LogP) is 7.00. The van der Waals surface area contributed by atoms with Crippen molar-refractivity contribution in [2.45, 2.75) is 16.9 Å². The van der Waals surface area contributed by atoms with E-state index in [1.54, 1.807) is 10.8 Å². The minimum Gasteiger partial charge on any atom is -0.438 e. The lowest BCUT2D eigenvalue weighted by Gasteiger charge is -2.29. The van der Waals surface area contributed by atoms with E-state index in [0.29, 0.717) is 22.7 Å². The molecule has 0 spiro atoms. The highest BCUT2D eigenvalue weighted by Crippen LogP contribution is 2.50. The van der Waals surface area contributed by atoms with Crippen LogP contribution >= 0.6 is 11.8 Å². The largest absolute Gasteiger partial charge is 0.438 e. The standard InChI is InChI=1S/C30H19N5O2S/c1-2-9-19(10-3-1)25-26-20-11-5-4-8-18(20)14-15-23(26)36-29-27(25)28-33-24(34-35(28)17-31-29)16-38-30-32-21-12-6-7-13-22(21)37-30/h1-15,17,25H,16H2. The van der Waals surface area contributed by atoms with Crippen LogP contribution in [0, 0.1) is 0 Å². The van der Waals surface area contributed by atoms with E-state index in [2.05, 4.69) is 64.6 Å². The van der Waals surface area contributed by atoms with Crippen LogP contribution in [0.25, 0.3) is 27.5 Å². The van der Waals surface area contributed by atoms with Crippen LogP contribution in [0.3, 0.4) is 0 Å². The lowest BCUT2D eigenvalue weighted by atomic mass is 9.81. The molecular formula is C30H19N5O2S. The van der Waals surface area contributed by atoms with Crippen LogP contribution in [0.15, 0.2) is 107 Å². The zero-order valence-corrected chi connectivity index (χ0v) is 20.8. The van der Waals surface area contributed by atoms with Crippen molar-refractivity contribution in [3.05, 3.63) is 120 Å². The summed E-state index contributed by atoms with van der Waals surface area (Å²) in [6, 6.07) is 30.7. The maximum atomic E-state index is 6.40. The lowest BCUT2D eigenvalue weighted by Crippen LogP contribution is -2.15. The average Bonchev–Trinajstić information content (AvgIpc) is 3.59. The van der Waals surface area contributed by atoms with Crippen LogP contribution in [0.5, 0.6) is 11.6 Å². The molecule has 0 saturated carbocycles. The molecule has 0 bridgehead atoms. The maximum Gasteiger partial charge on any atom is 0.257 e. The van der Waals surface area contributed by atoms with Crippen molar-refractivity contribution in [3.63, 3.8) is 0 Å². The molecule has 182 valence electrons. The van der Waals surface area contributed by atoms with Gasteiger partial charge in [-0.15, -0.1) is 5.10 Å². The second-order valence-electron chi connectivity index (χ2n) is 9.14. The van der Waals surface area contributed by atoms with Gasteiger partial charge in [-0.3, -0.25) is 0 Å². The first-order chi connectivity index (χ1) is 18.8. The van der Waals surface area contributed by atoms with Crippen LogP contribution in [0.2, 0.25) is 0 Å². The molecule has 1 unspecified atom stereocenters. The summed E-state index contributed by atoms with van der Waals surface area (Å²) in [6.07, 6.45) is 1.67. The molecule has 8 heteroatoms. The molecule has 4 heterocycles. The monoisotopic (exact) mass is 513 g/mol. The fourth-order valence-electron chi connectivity index (χ4n) is 5.23. The van der Waals surface area contributed by atoms with E-state index in [4.69, 9.17) is 19.2 Å². The van der Waals surface area contributed by atoms with Crippen LogP contribution in [0.4, 0.5) is 0 Å². The summed E-state index contributed by atoms with van der Waals surface area (Å²) in [5.41, 5.74) is 5.51. The van der Waals surface area contributed by atoms with Gasteiger partial charge in [0, 0.05) is 11.5 Å². The molecule has 0 aliphatic carbocycles. The number of oxazole rings is 1. The number of ether oxygens (including phenoxy) is 1. The van der Waals surface area contributed by atoms with E-state index in [9.17, 15) is 0 Å². The number of aromatic nitrogens is 5. The van der Waals surface area contributed by atoms with Crippen molar-refractivity contribution in [1.82, 2.24) is 24.6 Å². The van der Waals surface area contributed by atoms with Gasteiger partial charge in [0.2, 0.25) is 5.88 Å². The molecule has 4 aromatic carbocycles. The van der Waals surface area contributed by atoms with Gasteiger partial charge in [0.05, 0.1) is 11.3 Å². The summed E-state index contributed by atoms with van der Waals surface area (Å²) in [7, 11) is 0. The van der Waals surface area contributed by atoms with E-state index in [-0.39, 0.29) is 5.92 Å². The SMILES string of the molecule is c1ccc(C2c3c(ccc4ccccc34)Oc3ncn4nc(CSc5nc6ccccc6o5)nc4c32)cc1. The van der Waals surface area contributed by atoms with Crippen molar-refractivity contribution in [3.8, 4) is 11.6 Å². The van der Waals surface area contributed by atoms with Crippen molar-refractivity contribution < 1.29 is 9.15 Å². The Morgan fingerprint density at radius 2 is 1.66 bits per heavy atom. The summed E-state index contributed by atoms with van der Waals surface area (Å²) in [4.78, 5) is 14.2. The molecular weight excluding hydrogens is 494 g/mol.